The number of pyridine rings is 1. The van der Waals surface area contributed by atoms with Crippen molar-refractivity contribution in [2.75, 3.05) is 18.9 Å². The Morgan fingerprint density at radius 1 is 1.06 bits per heavy atom. The van der Waals surface area contributed by atoms with Crippen molar-refractivity contribution in [3.63, 3.8) is 0 Å². The quantitative estimate of drug-likeness (QED) is 0.331. The van der Waals surface area contributed by atoms with E-state index in [2.05, 4.69) is 14.9 Å². The van der Waals surface area contributed by atoms with Gasteiger partial charge in [-0.15, -0.1) is 12.4 Å². The van der Waals surface area contributed by atoms with Crippen LogP contribution in [0.5, 0.6) is 23.1 Å². The van der Waals surface area contributed by atoms with Crippen LogP contribution >= 0.6 is 12.4 Å². The van der Waals surface area contributed by atoms with Crippen LogP contribution in [0, 0.1) is 0 Å². The number of fused-ring (bicyclic) bond motifs is 1. The van der Waals surface area contributed by atoms with Crippen molar-refractivity contribution in [1.29, 1.82) is 0 Å². The molecule has 2 heterocycles. The maximum atomic E-state index is 13.2. The fraction of sp³-hybridized carbons (Fsp3) is 0.217. The molecule has 0 saturated heterocycles. The van der Waals surface area contributed by atoms with Gasteiger partial charge in [-0.05, 0) is 30.2 Å². The summed E-state index contributed by atoms with van der Waals surface area (Å²) >= 11 is 0. The molecule has 4 rings (SSSR count). The number of sulfonamides is 1. The third kappa shape index (κ3) is 5.42. The molecule has 0 aliphatic carbocycles. The first kappa shape index (κ1) is 26.1. The van der Waals surface area contributed by atoms with Crippen LogP contribution in [0.4, 0.5) is 5.82 Å². The number of ether oxygens (including phenoxy) is 3. The minimum atomic E-state index is -4.05. The van der Waals surface area contributed by atoms with Crippen molar-refractivity contribution in [3.05, 3.63) is 59.8 Å². The number of nitrogens with one attached hydrogen (secondary N) is 1. The molecule has 0 saturated carbocycles. The average molecular weight is 521 g/mol. The molecule has 4 aromatic rings. The first-order valence-corrected chi connectivity index (χ1v) is 11.9. The molecule has 0 spiro atoms. The predicted octanol–water partition coefficient (Wildman–Crippen LogP) is 4.28. The fourth-order valence-electron chi connectivity index (χ4n) is 3.38. The van der Waals surface area contributed by atoms with Crippen molar-refractivity contribution in [2.45, 2.75) is 24.8 Å². The lowest BCUT2D eigenvalue weighted by Crippen LogP contribution is -2.15. The number of nitrogens with two attached hydrogens (primary N) is 1. The van der Waals surface area contributed by atoms with Gasteiger partial charge in [0.05, 0.1) is 19.9 Å². The number of rotatable bonds is 9. The Hall–Kier alpha value is -3.54. The number of aromatic nitrogens is 2. The molecule has 2 aromatic heterocycles. The Morgan fingerprint density at radius 2 is 1.83 bits per heavy atom. The van der Waals surface area contributed by atoms with Crippen LogP contribution in [0.1, 0.15) is 18.2 Å². The molecular weight excluding hydrogens is 496 g/mol. The Balaban J connectivity index is 0.00000342. The van der Waals surface area contributed by atoms with Gasteiger partial charge in [-0.2, -0.15) is 0 Å². The number of anilines is 1. The molecule has 2 aromatic carbocycles. The van der Waals surface area contributed by atoms with E-state index in [9.17, 15) is 8.42 Å². The van der Waals surface area contributed by atoms with Crippen molar-refractivity contribution in [3.8, 4) is 23.1 Å². The summed E-state index contributed by atoms with van der Waals surface area (Å²) in [7, 11) is -1.19. The van der Waals surface area contributed by atoms with Crippen LogP contribution in [0.3, 0.4) is 0 Å². The highest BCUT2D eigenvalue weighted by Gasteiger charge is 2.25. The maximum Gasteiger partial charge on any atom is 0.266 e. The van der Waals surface area contributed by atoms with Crippen LogP contribution in [-0.4, -0.2) is 32.8 Å². The molecule has 0 atom stereocenters. The molecule has 0 fully saturated rings. The van der Waals surface area contributed by atoms with Crippen LogP contribution in [0.25, 0.3) is 11.0 Å². The molecule has 0 aliphatic heterocycles. The topological polar surface area (TPSA) is 139 Å². The van der Waals surface area contributed by atoms with Crippen LogP contribution in [-0.2, 0) is 23.0 Å². The second-order valence-corrected chi connectivity index (χ2v) is 8.90. The van der Waals surface area contributed by atoms with E-state index in [0.717, 1.165) is 5.56 Å². The summed E-state index contributed by atoms with van der Waals surface area (Å²) in [4.78, 5) is 4.30. The molecule has 0 bridgehead atoms. The zero-order chi connectivity index (χ0) is 24.3. The zero-order valence-corrected chi connectivity index (χ0v) is 20.9. The molecule has 0 amide bonds. The molecule has 12 heteroatoms. The third-order valence-corrected chi connectivity index (χ3v) is 6.46. The third-order valence-electron chi connectivity index (χ3n) is 5.10. The number of halogens is 1. The van der Waals surface area contributed by atoms with Gasteiger partial charge in [0.25, 0.3) is 10.0 Å². The summed E-state index contributed by atoms with van der Waals surface area (Å²) in [6.07, 6.45) is 0.666. The van der Waals surface area contributed by atoms with E-state index < -0.39 is 10.0 Å². The van der Waals surface area contributed by atoms with Crippen molar-refractivity contribution >= 4 is 39.2 Å². The molecule has 0 aliphatic rings. The zero-order valence-electron chi connectivity index (χ0n) is 19.3. The second kappa shape index (κ2) is 10.8. The normalized spacial score (nSPS) is 11.1. The molecule has 10 nitrogen and oxygen atoms in total. The van der Waals surface area contributed by atoms with E-state index in [-0.39, 0.29) is 41.0 Å². The van der Waals surface area contributed by atoms with Crippen molar-refractivity contribution in [2.24, 2.45) is 5.73 Å². The van der Waals surface area contributed by atoms with Gasteiger partial charge in [-0.3, -0.25) is 4.72 Å². The molecular formula is C23H25ClN4O6S. The summed E-state index contributed by atoms with van der Waals surface area (Å²) in [6.45, 7) is 2.21. The van der Waals surface area contributed by atoms with Gasteiger partial charge >= 0.3 is 0 Å². The van der Waals surface area contributed by atoms with E-state index in [4.69, 9.17) is 24.5 Å². The molecule has 35 heavy (non-hydrogen) atoms. The minimum absolute atomic E-state index is 0. The van der Waals surface area contributed by atoms with E-state index in [0.29, 0.717) is 34.9 Å². The highest BCUT2D eigenvalue weighted by Crippen LogP contribution is 2.38. The van der Waals surface area contributed by atoms with Crippen LogP contribution < -0.4 is 24.7 Å². The first-order chi connectivity index (χ1) is 16.4. The second-order valence-electron chi connectivity index (χ2n) is 7.25. The van der Waals surface area contributed by atoms with E-state index in [1.807, 2.05) is 13.0 Å². The largest absolute Gasteiger partial charge is 0.496 e. The Morgan fingerprint density at radius 3 is 2.51 bits per heavy atom. The van der Waals surface area contributed by atoms with Crippen LogP contribution in [0.15, 0.2) is 57.9 Å². The Labute approximate surface area is 208 Å². The predicted molar refractivity (Wildman–Crippen MR) is 133 cm³/mol. The summed E-state index contributed by atoms with van der Waals surface area (Å²) in [5.41, 5.74) is 7.41. The van der Waals surface area contributed by atoms with E-state index >= 15 is 0 Å². The maximum absolute atomic E-state index is 13.2. The molecule has 3 N–H and O–H groups in total. The standard InChI is InChI=1S/C23H24N4O6S.ClH/c1-4-14-8-9-17(30-2)20(10-14)34(28,29)27-23-22-18(31-3)11-16(12-19(22)33-26-23)32-21-7-5-6-15(13-24)25-21;/h5-12H,4,13,24H2,1-3H3,(H,26,27);1H. The van der Waals surface area contributed by atoms with Crippen LogP contribution in [0.2, 0.25) is 0 Å². The molecule has 186 valence electrons. The minimum Gasteiger partial charge on any atom is -0.496 e. The van der Waals surface area contributed by atoms with Crippen molar-refractivity contribution in [1.82, 2.24) is 10.1 Å². The smallest absolute Gasteiger partial charge is 0.266 e. The molecule has 0 radical (unpaired) electrons. The van der Waals surface area contributed by atoms with Gasteiger partial charge in [0.15, 0.2) is 11.4 Å². The molecule has 0 unspecified atom stereocenters. The van der Waals surface area contributed by atoms with Gasteiger partial charge in [0.2, 0.25) is 5.88 Å². The number of hydrogen-bond acceptors (Lipinski definition) is 9. The lowest BCUT2D eigenvalue weighted by molar-refractivity contribution is 0.402. The highest BCUT2D eigenvalue weighted by molar-refractivity contribution is 7.92. The van der Waals surface area contributed by atoms with Gasteiger partial charge < -0.3 is 24.5 Å². The van der Waals surface area contributed by atoms with Gasteiger partial charge in [-0.25, -0.2) is 13.4 Å². The van der Waals surface area contributed by atoms with Crippen molar-refractivity contribution < 1.29 is 27.2 Å². The summed E-state index contributed by atoms with van der Waals surface area (Å²) in [5, 5.41) is 4.25. The van der Waals surface area contributed by atoms with E-state index in [1.54, 1.807) is 42.5 Å². The van der Waals surface area contributed by atoms with Gasteiger partial charge in [-0.1, -0.05) is 24.2 Å². The van der Waals surface area contributed by atoms with Gasteiger partial charge in [0.1, 0.15) is 27.5 Å². The first-order valence-electron chi connectivity index (χ1n) is 10.4. The van der Waals surface area contributed by atoms with E-state index in [1.165, 1.54) is 14.2 Å². The number of methoxy groups -OCH3 is 2. The number of nitrogens with zero attached hydrogens (tertiary/aromatic N) is 2. The Kier molecular flexibility index (Phi) is 8.05. The lowest BCUT2D eigenvalue weighted by Gasteiger charge is -2.12. The lowest BCUT2D eigenvalue weighted by atomic mass is 10.2. The highest BCUT2D eigenvalue weighted by atomic mass is 35.5. The number of hydrogen-bond donors (Lipinski definition) is 2. The summed E-state index contributed by atoms with van der Waals surface area (Å²) in [6, 6.07) is 13.4. The fourth-order valence-corrected chi connectivity index (χ4v) is 4.61. The SMILES string of the molecule is CCc1ccc(OC)c(S(=O)(=O)Nc2noc3cc(Oc4cccc(CN)n4)cc(OC)c23)c1.Cl. The summed E-state index contributed by atoms with van der Waals surface area (Å²) in [5.74, 6) is 1.20. The number of benzene rings is 2. The number of aryl methyl sites for hydroxylation is 1. The average Bonchev–Trinajstić information content (AvgIpc) is 3.25. The summed E-state index contributed by atoms with van der Waals surface area (Å²) < 4.78 is 50.8. The van der Waals surface area contributed by atoms with Gasteiger partial charge in [0, 0.05) is 24.7 Å². The Bertz CT molecular complexity index is 1440. The monoisotopic (exact) mass is 520 g/mol.